The molecule has 0 radical (unpaired) electrons. The summed E-state index contributed by atoms with van der Waals surface area (Å²) < 4.78 is 0. The summed E-state index contributed by atoms with van der Waals surface area (Å²) >= 11 is 0. The van der Waals surface area contributed by atoms with Gasteiger partial charge >= 0.3 is 5.97 Å². The molecule has 3 heteroatoms. The second-order valence-corrected chi connectivity index (χ2v) is 6.59. The molecule has 0 saturated heterocycles. The normalized spacial score (nSPS) is 11.1. The third-order valence-corrected chi connectivity index (χ3v) is 3.82. The molecule has 0 aliphatic rings. The third-order valence-electron chi connectivity index (χ3n) is 3.82. The van der Waals surface area contributed by atoms with Gasteiger partial charge in [-0.1, -0.05) is 84.0 Å². The van der Waals surface area contributed by atoms with Gasteiger partial charge in [0, 0.05) is 6.42 Å². The maximum Gasteiger partial charge on any atom is 0.342 e. The summed E-state index contributed by atoms with van der Waals surface area (Å²) in [4.78, 5) is 20.8. The zero-order valence-electron chi connectivity index (χ0n) is 15.2. The van der Waals surface area contributed by atoms with Crippen LogP contribution in [0.25, 0.3) is 0 Å². The van der Waals surface area contributed by atoms with E-state index in [0.29, 0.717) is 6.42 Å². The van der Waals surface area contributed by atoms with Crippen molar-refractivity contribution in [3.8, 4) is 0 Å². The van der Waals surface area contributed by atoms with Crippen LogP contribution in [0.3, 0.4) is 0 Å². The van der Waals surface area contributed by atoms with Crippen LogP contribution in [0.4, 0.5) is 0 Å². The fourth-order valence-electron chi connectivity index (χ4n) is 2.48. The van der Waals surface area contributed by atoms with Crippen molar-refractivity contribution in [2.75, 3.05) is 0 Å². The summed E-state index contributed by atoms with van der Waals surface area (Å²) in [5.41, 5.74) is 0. The van der Waals surface area contributed by atoms with E-state index in [1.54, 1.807) is 0 Å². The fourth-order valence-corrected chi connectivity index (χ4v) is 2.48. The number of hydrogen-bond donors (Lipinski definition) is 0. The van der Waals surface area contributed by atoms with Crippen LogP contribution in [0.15, 0.2) is 0 Å². The molecule has 0 unspecified atom stereocenters. The van der Waals surface area contributed by atoms with E-state index in [9.17, 15) is 4.79 Å². The van der Waals surface area contributed by atoms with Gasteiger partial charge < -0.3 is 0 Å². The van der Waals surface area contributed by atoms with E-state index in [0.717, 1.165) is 12.8 Å². The highest BCUT2D eigenvalue weighted by atomic mass is 17.2. The van der Waals surface area contributed by atoms with E-state index < -0.39 is 0 Å². The highest BCUT2D eigenvalue weighted by Gasteiger charge is 2.05. The molecule has 0 rings (SSSR count). The molecule has 0 aromatic heterocycles. The lowest BCUT2D eigenvalue weighted by Crippen LogP contribution is -2.10. The van der Waals surface area contributed by atoms with Crippen LogP contribution >= 0.6 is 0 Å². The standard InChI is InChI=1S/C19H38O3/c1-4-5-6-7-8-9-10-11-12-13-14-15-16-17-19(20)22-21-18(2)3/h18H,4-17H2,1-3H3. The van der Waals surface area contributed by atoms with E-state index in [1.807, 2.05) is 13.8 Å². The first-order valence-electron chi connectivity index (χ1n) is 9.53. The first-order chi connectivity index (χ1) is 10.7. The lowest BCUT2D eigenvalue weighted by molar-refractivity contribution is -0.291. The van der Waals surface area contributed by atoms with Crippen molar-refractivity contribution >= 4 is 5.97 Å². The highest BCUT2D eigenvalue weighted by Crippen LogP contribution is 2.13. The van der Waals surface area contributed by atoms with Gasteiger partial charge in [-0.15, -0.1) is 0 Å². The molecule has 0 spiro atoms. The van der Waals surface area contributed by atoms with Crippen molar-refractivity contribution in [2.45, 2.75) is 117 Å². The predicted molar refractivity (Wildman–Crippen MR) is 92.6 cm³/mol. The van der Waals surface area contributed by atoms with Crippen molar-refractivity contribution in [1.29, 1.82) is 0 Å². The Kier molecular flexibility index (Phi) is 16.4. The Morgan fingerprint density at radius 3 is 1.55 bits per heavy atom. The Morgan fingerprint density at radius 1 is 0.727 bits per heavy atom. The van der Waals surface area contributed by atoms with Gasteiger partial charge in [0.25, 0.3) is 0 Å². The molecule has 0 N–H and O–H groups in total. The largest absolute Gasteiger partial charge is 0.342 e. The summed E-state index contributed by atoms with van der Waals surface area (Å²) in [5, 5.41) is 0. The summed E-state index contributed by atoms with van der Waals surface area (Å²) in [6.45, 7) is 5.96. The monoisotopic (exact) mass is 314 g/mol. The number of carbonyl (C=O) groups excluding carboxylic acids is 1. The number of unbranched alkanes of at least 4 members (excludes halogenated alkanes) is 12. The molecule has 0 aliphatic heterocycles. The van der Waals surface area contributed by atoms with Crippen LogP contribution < -0.4 is 0 Å². The van der Waals surface area contributed by atoms with Gasteiger partial charge in [0.2, 0.25) is 0 Å². The Balaban J connectivity index is 3.09. The van der Waals surface area contributed by atoms with Crippen molar-refractivity contribution < 1.29 is 14.6 Å². The smallest absolute Gasteiger partial charge is 0.298 e. The maximum atomic E-state index is 11.3. The van der Waals surface area contributed by atoms with Crippen LogP contribution in [0, 0.1) is 0 Å². The number of carbonyl (C=O) groups is 1. The molecule has 3 nitrogen and oxygen atoms in total. The van der Waals surface area contributed by atoms with Gasteiger partial charge in [0.05, 0.1) is 6.10 Å². The van der Waals surface area contributed by atoms with Crippen LogP contribution in [0.2, 0.25) is 0 Å². The Morgan fingerprint density at radius 2 is 1.14 bits per heavy atom. The highest BCUT2D eigenvalue weighted by molar-refractivity contribution is 5.68. The lowest BCUT2D eigenvalue weighted by Gasteiger charge is -2.06. The predicted octanol–water partition coefficient (Wildman–Crippen LogP) is 6.35. The van der Waals surface area contributed by atoms with Gasteiger partial charge in [-0.05, 0) is 20.3 Å². The second kappa shape index (κ2) is 16.8. The summed E-state index contributed by atoms with van der Waals surface area (Å²) in [5.74, 6) is -0.239. The Hall–Kier alpha value is -0.570. The Labute approximate surface area is 138 Å². The van der Waals surface area contributed by atoms with E-state index in [-0.39, 0.29) is 12.1 Å². The minimum atomic E-state index is -0.239. The zero-order valence-corrected chi connectivity index (χ0v) is 15.2. The van der Waals surface area contributed by atoms with E-state index >= 15 is 0 Å². The minimum absolute atomic E-state index is 0.0596. The average molecular weight is 315 g/mol. The molecule has 0 aromatic rings. The van der Waals surface area contributed by atoms with Gasteiger partial charge in [-0.3, -0.25) is 4.89 Å². The van der Waals surface area contributed by atoms with E-state index in [4.69, 9.17) is 4.89 Å². The summed E-state index contributed by atoms with van der Waals surface area (Å²) in [7, 11) is 0. The van der Waals surface area contributed by atoms with Crippen molar-refractivity contribution in [1.82, 2.24) is 0 Å². The van der Waals surface area contributed by atoms with Gasteiger partial charge in [0.1, 0.15) is 0 Å². The van der Waals surface area contributed by atoms with Crippen LogP contribution in [-0.2, 0) is 14.6 Å². The van der Waals surface area contributed by atoms with Crippen molar-refractivity contribution in [3.63, 3.8) is 0 Å². The molecule has 0 fully saturated rings. The fraction of sp³-hybridized carbons (Fsp3) is 0.947. The molecule has 0 amide bonds. The second-order valence-electron chi connectivity index (χ2n) is 6.59. The van der Waals surface area contributed by atoms with Crippen molar-refractivity contribution in [3.05, 3.63) is 0 Å². The zero-order chi connectivity index (χ0) is 16.5. The summed E-state index contributed by atoms with van der Waals surface area (Å²) in [6, 6.07) is 0. The Bertz CT molecular complexity index is 239. The molecular formula is C19H38O3. The quantitative estimate of drug-likeness (QED) is 0.189. The van der Waals surface area contributed by atoms with Crippen molar-refractivity contribution in [2.24, 2.45) is 0 Å². The van der Waals surface area contributed by atoms with Gasteiger partial charge in [0.15, 0.2) is 0 Å². The first-order valence-corrected chi connectivity index (χ1v) is 9.53. The van der Waals surface area contributed by atoms with E-state index in [2.05, 4.69) is 11.8 Å². The van der Waals surface area contributed by atoms with Crippen LogP contribution in [0.1, 0.15) is 111 Å². The maximum absolute atomic E-state index is 11.3. The summed E-state index contributed by atoms with van der Waals surface area (Å²) in [6.07, 6.45) is 17.5. The first kappa shape index (κ1) is 21.4. The molecule has 0 saturated carbocycles. The van der Waals surface area contributed by atoms with Crippen LogP contribution in [0.5, 0.6) is 0 Å². The van der Waals surface area contributed by atoms with Gasteiger partial charge in [-0.25, -0.2) is 4.79 Å². The molecule has 0 atom stereocenters. The molecule has 22 heavy (non-hydrogen) atoms. The van der Waals surface area contributed by atoms with Crippen LogP contribution in [-0.4, -0.2) is 12.1 Å². The van der Waals surface area contributed by atoms with Gasteiger partial charge in [-0.2, -0.15) is 4.89 Å². The average Bonchev–Trinajstić information content (AvgIpc) is 2.49. The number of rotatable bonds is 16. The molecule has 0 aromatic carbocycles. The molecular weight excluding hydrogens is 276 g/mol. The molecule has 0 bridgehead atoms. The molecule has 0 aliphatic carbocycles. The van der Waals surface area contributed by atoms with E-state index in [1.165, 1.54) is 70.6 Å². The number of hydrogen-bond acceptors (Lipinski definition) is 3. The lowest BCUT2D eigenvalue weighted by atomic mass is 10.0. The molecule has 0 heterocycles. The third kappa shape index (κ3) is 17.5. The minimum Gasteiger partial charge on any atom is -0.298 e. The molecule has 132 valence electrons. The SMILES string of the molecule is CCCCCCCCCCCCCCCC(=O)OOC(C)C. The topological polar surface area (TPSA) is 35.5 Å².